The molecule has 33 heavy (non-hydrogen) atoms. The average molecular weight is 487 g/mol. The van der Waals surface area contributed by atoms with Crippen LogP contribution in [0.4, 0.5) is 11.5 Å². The van der Waals surface area contributed by atoms with Crippen LogP contribution in [-0.2, 0) is 15.4 Å². The minimum Gasteiger partial charge on any atom is -0.298 e. The third-order valence-corrected chi connectivity index (χ3v) is 6.71. The number of halogens is 1. The molecular weight excluding hydrogens is 464 g/mol. The number of anilines is 2. The minimum atomic E-state index is -4.07. The fraction of sp³-hybridized carbons (Fsp3) is 0.217. The van der Waals surface area contributed by atoms with E-state index < -0.39 is 15.9 Å². The first-order chi connectivity index (χ1) is 15.5. The second kappa shape index (κ2) is 9.29. The summed E-state index contributed by atoms with van der Waals surface area (Å²) in [4.78, 5) is 34.2. The van der Waals surface area contributed by atoms with E-state index in [0.717, 1.165) is 10.5 Å². The van der Waals surface area contributed by atoms with E-state index in [-0.39, 0.29) is 38.0 Å². The number of carbonyl (C=O) groups is 2. The molecule has 0 spiro atoms. The number of hydrogen-bond acceptors (Lipinski definition) is 6. The molecule has 0 fully saturated rings. The first kappa shape index (κ1) is 24.3. The highest BCUT2D eigenvalue weighted by Gasteiger charge is 2.26. The van der Waals surface area contributed by atoms with Gasteiger partial charge in [-0.15, -0.1) is 0 Å². The molecule has 0 saturated heterocycles. The summed E-state index contributed by atoms with van der Waals surface area (Å²) in [5.74, 6) is -0.466. The molecule has 3 aromatic rings. The third kappa shape index (κ3) is 5.20. The lowest BCUT2D eigenvalue weighted by atomic mass is 9.87. The first-order valence-corrected chi connectivity index (χ1v) is 11.8. The molecule has 172 valence electrons. The van der Waals surface area contributed by atoms with Gasteiger partial charge < -0.3 is 0 Å². The van der Waals surface area contributed by atoms with Gasteiger partial charge in [-0.1, -0.05) is 44.5 Å². The number of amides is 1. The fourth-order valence-corrected chi connectivity index (χ4v) is 4.37. The second-order valence-corrected chi connectivity index (χ2v) is 10.4. The van der Waals surface area contributed by atoms with Crippen LogP contribution >= 0.6 is 11.6 Å². The highest BCUT2D eigenvalue weighted by molar-refractivity contribution is 7.92. The summed E-state index contributed by atoms with van der Waals surface area (Å²) in [6.45, 7) is 6.07. The number of aromatic nitrogens is 2. The van der Waals surface area contributed by atoms with E-state index in [9.17, 15) is 18.0 Å². The molecule has 0 aliphatic rings. The first-order valence-electron chi connectivity index (χ1n) is 9.91. The normalized spacial score (nSPS) is 11.7. The Morgan fingerprint density at radius 1 is 1.09 bits per heavy atom. The topological polar surface area (TPSA) is 109 Å². The van der Waals surface area contributed by atoms with Crippen molar-refractivity contribution in [1.82, 2.24) is 9.97 Å². The predicted octanol–water partition coefficient (Wildman–Crippen LogP) is 4.32. The Balaban J connectivity index is 2.05. The molecule has 1 amide bonds. The molecule has 1 aromatic heterocycles. The summed E-state index contributed by atoms with van der Waals surface area (Å²) < 4.78 is 28.6. The summed E-state index contributed by atoms with van der Waals surface area (Å²) in [5.41, 5.74) is 0.413. The molecule has 0 saturated carbocycles. The van der Waals surface area contributed by atoms with Crippen LogP contribution in [0, 0.1) is 0 Å². The molecule has 0 bridgehead atoms. The third-order valence-electron chi connectivity index (χ3n) is 5.00. The minimum absolute atomic E-state index is 0.0124. The van der Waals surface area contributed by atoms with E-state index in [2.05, 4.69) is 14.7 Å². The van der Waals surface area contributed by atoms with Crippen molar-refractivity contribution < 1.29 is 18.0 Å². The molecule has 3 rings (SSSR count). The van der Waals surface area contributed by atoms with E-state index in [1.54, 1.807) is 12.1 Å². The van der Waals surface area contributed by atoms with Gasteiger partial charge >= 0.3 is 0 Å². The van der Waals surface area contributed by atoms with E-state index in [1.807, 2.05) is 20.8 Å². The van der Waals surface area contributed by atoms with Gasteiger partial charge in [0.25, 0.3) is 15.9 Å². The predicted molar refractivity (Wildman–Crippen MR) is 128 cm³/mol. The van der Waals surface area contributed by atoms with Gasteiger partial charge in [-0.05, 0) is 35.2 Å². The van der Waals surface area contributed by atoms with Crippen LogP contribution < -0.4 is 9.62 Å². The van der Waals surface area contributed by atoms with E-state index in [1.165, 1.54) is 49.9 Å². The Morgan fingerprint density at radius 2 is 1.76 bits per heavy atom. The molecule has 8 nitrogen and oxygen atoms in total. The standard InChI is InChI=1S/C23H23ClN4O4S/c1-23(2,3)15-5-7-16(8-6-15)33(31,32)27-19-10-9-18(24)17(14-29)21(19)22(30)28(4)20-13-25-11-12-26-20/h5-14,27H,1-4H3. The van der Waals surface area contributed by atoms with Crippen molar-refractivity contribution >= 4 is 45.3 Å². The quantitative estimate of drug-likeness (QED) is 0.520. The molecule has 0 aliphatic carbocycles. The van der Waals surface area contributed by atoms with Gasteiger partial charge in [0, 0.05) is 25.0 Å². The van der Waals surface area contributed by atoms with Gasteiger partial charge in [0.1, 0.15) is 0 Å². The maximum Gasteiger partial charge on any atom is 0.262 e. The number of hydrogen-bond donors (Lipinski definition) is 1. The maximum absolute atomic E-state index is 13.3. The Kier molecular flexibility index (Phi) is 6.85. The smallest absolute Gasteiger partial charge is 0.262 e. The maximum atomic E-state index is 13.3. The molecule has 10 heteroatoms. The van der Waals surface area contributed by atoms with E-state index in [0.29, 0.717) is 6.29 Å². The van der Waals surface area contributed by atoms with Crippen molar-refractivity contribution in [2.75, 3.05) is 16.7 Å². The Labute approximate surface area is 197 Å². The summed E-state index contributed by atoms with van der Waals surface area (Å²) in [6, 6.07) is 9.15. The highest BCUT2D eigenvalue weighted by Crippen LogP contribution is 2.30. The number of sulfonamides is 1. The average Bonchev–Trinajstić information content (AvgIpc) is 2.79. The van der Waals surface area contributed by atoms with Gasteiger partial charge in [-0.2, -0.15) is 0 Å². The Bertz CT molecular complexity index is 1290. The van der Waals surface area contributed by atoms with Crippen molar-refractivity contribution in [2.45, 2.75) is 31.1 Å². The van der Waals surface area contributed by atoms with Gasteiger partial charge in [-0.3, -0.25) is 24.2 Å². The van der Waals surface area contributed by atoms with E-state index >= 15 is 0 Å². The van der Waals surface area contributed by atoms with Crippen LogP contribution in [0.3, 0.4) is 0 Å². The summed E-state index contributed by atoms with van der Waals surface area (Å²) in [6.07, 6.45) is 4.63. The number of aldehydes is 1. The number of nitrogens with zero attached hydrogens (tertiary/aromatic N) is 3. The van der Waals surface area contributed by atoms with Gasteiger partial charge in [0.15, 0.2) is 12.1 Å². The lowest BCUT2D eigenvalue weighted by Crippen LogP contribution is -2.29. The molecule has 0 atom stereocenters. The number of benzene rings is 2. The lowest BCUT2D eigenvalue weighted by Gasteiger charge is -2.21. The zero-order valence-corrected chi connectivity index (χ0v) is 20.1. The van der Waals surface area contributed by atoms with Crippen molar-refractivity contribution in [3.05, 3.63) is 76.7 Å². The van der Waals surface area contributed by atoms with Crippen LogP contribution in [-0.4, -0.2) is 37.6 Å². The SMILES string of the molecule is CN(C(=O)c1c(NS(=O)(=O)c2ccc(C(C)(C)C)cc2)ccc(Cl)c1C=O)c1cnccn1. The monoisotopic (exact) mass is 486 g/mol. The Hall–Kier alpha value is -3.30. The van der Waals surface area contributed by atoms with Crippen LogP contribution in [0.2, 0.25) is 5.02 Å². The highest BCUT2D eigenvalue weighted by atomic mass is 35.5. The van der Waals surface area contributed by atoms with E-state index in [4.69, 9.17) is 11.6 Å². The zero-order valence-electron chi connectivity index (χ0n) is 18.5. The molecule has 1 heterocycles. The van der Waals surface area contributed by atoms with Crippen molar-refractivity contribution in [3.63, 3.8) is 0 Å². The van der Waals surface area contributed by atoms with Crippen molar-refractivity contribution in [1.29, 1.82) is 0 Å². The molecular formula is C23H23ClN4O4S. The summed E-state index contributed by atoms with van der Waals surface area (Å²) >= 11 is 6.14. The second-order valence-electron chi connectivity index (χ2n) is 8.31. The lowest BCUT2D eigenvalue weighted by molar-refractivity contribution is 0.0986. The van der Waals surface area contributed by atoms with Crippen LogP contribution in [0.5, 0.6) is 0 Å². The fourth-order valence-electron chi connectivity index (χ4n) is 3.10. The largest absolute Gasteiger partial charge is 0.298 e. The van der Waals surface area contributed by atoms with Gasteiger partial charge in [-0.25, -0.2) is 13.4 Å². The molecule has 1 N–H and O–H groups in total. The molecule has 0 unspecified atom stereocenters. The number of nitrogens with one attached hydrogen (secondary N) is 1. The van der Waals surface area contributed by atoms with Crippen molar-refractivity contribution in [3.8, 4) is 0 Å². The number of carbonyl (C=O) groups excluding carboxylic acids is 2. The Morgan fingerprint density at radius 3 is 2.30 bits per heavy atom. The zero-order chi connectivity index (χ0) is 24.4. The van der Waals surface area contributed by atoms with Crippen LogP contribution in [0.15, 0.2) is 59.9 Å². The number of rotatable bonds is 6. The van der Waals surface area contributed by atoms with Crippen molar-refractivity contribution in [2.24, 2.45) is 0 Å². The van der Waals surface area contributed by atoms with Gasteiger partial charge in [0.2, 0.25) is 0 Å². The summed E-state index contributed by atoms with van der Waals surface area (Å²) in [7, 11) is -2.63. The van der Waals surface area contributed by atoms with Crippen LogP contribution in [0.1, 0.15) is 47.1 Å². The molecule has 0 radical (unpaired) electrons. The molecule has 0 aliphatic heterocycles. The molecule has 2 aromatic carbocycles. The van der Waals surface area contributed by atoms with Gasteiger partial charge in [0.05, 0.1) is 27.4 Å². The summed E-state index contributed by atoms with van der Waals surface area (Å²) in [5, 5.41) is 0.0124. The van der Waals surface area contributed by atoms with Crippen LogP contribution in [0.25, 0.3) is 0 Å².